The summed E-state index contributed by atoms with van der Waals surface area (Å²) in [4.78, 5) is 7.62. The molecule has 2 aromatic rings. The Morgan fingerprint density at radius 1 is 1.18 bits per heavy atom. The highest BCUT2D eigenvalue weighted by atomic mass is 15.0. The molecule has 1 heterocycles. The molecule has 0 bridgehead atoms. The molecule has 3 N–H and O–H groups in total. The molecule has 90 valence electrons. The van der Waals surface area contributed by atoms with Gasteiger partial charge in [0.1, 0.15) is 5.82 Å². The van der Waals surface area contributed by atoms with Crippen LogP contribution < -0.4 is 5.73 Å². The maximum Gasteiger partial charge on any atom is 0.126 e. The molecule has 0 unspecified atom stereocenters. The summed E-state index contributed by atoms with van der Waals surface area (Å²) in [5.74, 6) is 0.811. The van der Waals surface area contributed by atoms with E-state index in [1.807, 2.05) is 20.0 Å². The predicted octanol–water partition coefficient (Wildman–Crippen LogP) is 2.89. The molecular weight excluding hydrogens is 210 g/mol. The third-order valence-electron chi connectivity index (χ3n) is 3.00. The van der Waals surface area contributed by atoms with E-state index in [4.69, 9.17) is 5.73 Å². The second kappa shape index (κ2) is 4.00. The molecule has 3 heteroatoms. The van der Waals surface area contributed by atoms with Gasteiger partial charge < -0.3 is 10.7 Å². The molecule has 0 radical (unpaired) electrons. The summed E-state index contributed by atoms with van der Waals surface area (Å²) in [6.45, 7) is 8.11. The van der Waals surface area contributed by atoms with Gasteiger partial charge >= 0.3 is 0 Å². The first kappa shape index (κ1) is 11.9. The van der Waals surface area contributed by atoms with Crippen molar-refractivity contribution in [2.75, 3.05) is 0 Å². The summed E-state index contributed by atoms with van der Waals surface area (Å²) in [6.07, 6.45) is 1.84. The molecule has 0 amide bonds. The van der Waals surface area contributed by atoms with Gasteiger partial charge in [-0.1, -0.05) is 12.1 Å². The zero-order valence-corrected chi connectivity index (χ0v) is 10.8. The number of H-pyrrole nitrogens is 1. The molecule has 0 aliphatic heterocycles. The summed E-state index contributed by atoms with van der Waals surface area (Å²) < 4.78 is 0. The van der Waals surface area contributed by atoms with Gasteiger partial charge in [-0.05, 0) is 50.5 Å². The standard InChI is InChI=1S/C14H19N3/c1-9-5-6-11(7-10(9)2)12-8-16-13(17-12)14(3,4)15/h5-8H,15H2,1-4H3,(H,16,17). The van der Waals surface area contributed by atoms with Crippen molar-refractivity contribution in [1.29, 1.82) is 0 Å². The van der Waals surface area contributed by atoms with Crippen molar-refractivity contribution in [2.45, 2.75) is 33.2 Å². The van der Waals surface area contributed by atoms with Crippen LogP contribution in [0.15, 0.2) is 24.4 Å². The van der Waals surface area contributed by atoms with E-state index in [9.17, 15) is 0 Å². The summed E-state index contributed by atoms with van der Waals surface area (Å²) in [5, 5.41) is 0. The Morgan fingerprint density at radius 3 is 2.41 bits per heavy atom. The first-order valence-corrected chi connectivity index (χ1v) is 5.80. The number of nitrogens with two attached hydrogens (primary N) is 1. The minimum Gasteiger partial charge on any atom is -0.340 e. The van der Waals surface area contributed by atoms with Gasteiger partial charge in [-0.25, -0.2) is 4.98 Å². The smallest absolute Gasteiger partial charge is 0.126 e. The van der Waals surface area contributed by atoms with Crippen LogP contribution in [0.2, 0.25) is 0 Å². The highest BCUT2D eigenvalue weighted by Crippen LogP contribution is 2.22. The van der Waals surface area contributed by atoms with E-state index in [-0.39, 0.29) is 0 Å². The zero-order chi connectivity index (χ0) is 12.6. The Balaban J connectivity index is 2.40. The van der Waals surface area contributed by atoms with Crippen molar-refractivity contribution in [3.05, 3.63) is 41.3 Å². The van der Waals surface area contributed by atoms with Crippen molar-refractivity contribution in [1.82, 2.24) is 9.97 Å². The monoisotopic (exact) mass is 229 g/mol. The second-order valence-corrected chi connectivity index (χ2v) is 5.17. The molecule has 0 aliphatic carbocycles. The third kappa shape index (κ3) is 2.39. The number of aryl methyl sites for hydroxylation is 2. The molecule has 0 saturated carbocycles. The minimum absolute atomic E-state index is 0.433. The molecule has 0 spiro atoms. The zero-order valence-electron chi connectivity index (χ0n) is 10.8. The highest BCUT2D eigenvalue weighted by molar-refractivity contribution is 5.60. The van der Waals surface area contributed by atoms with Crippen LogP contribution >= 0.6 is 0 Å². The van der Waals surface area contributed by atoms with Gasteiger partial charge in [0.25, 0.3) is 0 Å². The molecule has 1 aromatic heterocycles. The quantitative estimate of drug-likeness (QED) is 0.832. The van der Waals surface area contributed by atoms with Crippen LogP contribution in [0.3, 0.4) is 0 Å². The number of hydrogen-bond acceptors (Lipinski definition) is 2. The minimum atomic E-state index is -0.433. The van der Waals surface area contributed by atoms with Crippen molar-refractivity contribution >= 4 is 0 Å². The van der Waals surface area contributed by atoms with Crippen molar-refractivity contribution in [2.24, 2.45) is 5.73 Å². The SMILES string of the molecule is Cc1ccc(-c2cnc(C(C)(C)N)[nH]2)cc1C. The lowest BCUT2D eigenvalue weighted by Gasteiger charge is -2.14. The van der Waals surface area contributed by atoms with Crippen LogP contribution in [0.4, 0.5) is 0 Å². The molecular formula is C14H19N3. The van der Waals surface area contributed by atoms with E-state index < -0.39 is 5.54 Å². The molecule has 3 nitrogen and oxygen atoms in total. The first-order chi connectivity index (χ1) is 7.88. The fourth-order valence-electron chi connectivity index (χ4n) is 1.70. The average molecular weight is 229 g/mol. The largest absolute Gasteiger partial charge is 0.340 e. The Kier molecular flexibility index (Phi) is 2.79. The number of nitrogens with zero attached hydrogens (tertiary/aromatic N) is 1. The fraction of sp³-hybridized carbons (Fsp3) is 0.357. The number of aromatic nitrogens is 2. The van der Waals surface area contributed by atoms with Crippen LogP contribution in [0.25, 0.3) is 11.3 Å². The van der Waals surface area contributed by atoms with Gasteiger partial charge in [0.2, 0.25) is 0 Å². The first-order valence-electron chi connectivity index (χ1n) is 5.80. The van der Waals surface area contributed by atoms with Crippen LogP contribution in [0.1, 0.15) is 30.8 Å². The van der Waals surface area contributed by atoms with E-state index in [1.54, 1.807) is 0 Å². The van der Waals surface area contributed by atoms with Gasteiger partial charge in [-0.2, -0.15) is 0 Å². The summed E-state index contributed by atoms with van der Waals surface area (Å²) >= 11 is 0. The number of aromatic amines is 1. The summed E-state index contributed by atoms with van der Waals surface area (Å²) in [7, 11) is 0. The van der Waals surface area contributed by atoms with Crippen molar-refractivity contribution in [3.8, 4) is 11.3 Å². The third-order valence-corrected chi connectivity index (χ3v) is 3.00. The molecule has 0 fully saturated rings. The molecule has 17 heavy (non-hydrogen) atoms. The molecule has 0 atom stereocenters. The maximum atomic E-state index is 6.01. The number of rotatable bonds is 2. The van der Waals surface area contributed by atoms with Crippen molar-refractivity contribution in [3.63, 3.8) is 0 Å². The van der Waals surface area contributed by atoms with Crippen molar-refractivity contribution < 1.29 is 0 Å². The second-order valence-electron chi connectivity index (χ2n) is 5.17. The lowest BCUT2D eigenvalue weighted by atomic mass is 10.0. The molecule has 0 saturated heterocycles. The van der Waals surface area contributed by atoms with Crippen LogP contribution in [-0.4, -0.2) is 9.97 Å². The summed E-state index contributed by atoms with van der Waals surface area (Å²) in [6, 6.07) is 6.39. The van der Waals surface area contributed by atoms with Gasteiger partial charge in [0.15, 0.2) is 0 Å². The molecule has 2 rings (SSSR count). The van der Waals surface area contributed by atoms with Gasteiger partial charge in [-0.15, -0.1) is 0 Å². The molecule has 1 aromatic carbocycles. The Morgan fingerprint density at radius 2 is 1.88 bits per heavy atom. The Labute approximate surface area is 102 Å². The number of hydrogen-bond donors (Lipinski definition) is 2. The normalized spacial score (nSPS) is 11.8. The lowest BCUT2D eigenvalue weighted by molar-refractivity contribution is 0.520. The Bertz CT molecular complexity index is 533. The molecule has 0 aliphatic rings. The number of benzene rings is 1. The number of imidazole rings is 1. The average Bonchev–Trinajstić information content (AvgIpc) is 2.70. The topological polar surface area (TPSA) is 54.7 Å². The Hall–Kier alpha value is -1.61. The van der Waals surface area contributed by atoms with Crippen LogP contribution in [-0.2, 0) is 5.54 Å². The predicted molar refractivity (Wildman–Crippen MR) is 70.7 cm³/mol. The van der Waals surface area contributed by atoms with Crippen LogP contribution in [0.5, 0.6) is 0 Å². The maximum absolute atomic E-state index is 6.01. The van der Waals surface area contributed by atoms with Crippen LogP contribution in [0, 0.1) is 13.8 Å². The summed E-state index contributed by atoms with van der Waals surface area (Å²) in [5.41, 5.74) is 10.3. The highest BCUT2D eigenvalue weighted by Gasteiger charge is 2.18. The van der Waals surface area contributed by atoms with E-state index in [0.717, 1.165) is 17.1 Å². The van der Waals surface area contributed by atoms with E-state index in [0.29, 0.717) is 0 Å². The number of nitrogens with one attached hydrogen (secondary N) is 1. The lowest BCUT2D eigenvalue weighted by Crippen LogP contribution is -2.30. The van der Waals surface area contributed by atoms with E-state index in [1.165, 1.54) is 11.1 Å². The van der Waals surface area contributed by atoms with E-state index >= 15 is 0 Å². The fourth-order valence-corrected chi connectivity index (χ4v) is 1.70. The van der Waals surface area contributed by atoms with Gasteiger partial charge in [-0.3, -0.25) is 0 Å². The van der Waals surface area contributed by atoms with Gasteiger partial charge in [0.05, 0.1) is 17.4 Å². The van der Waals surface area contributed by atoms with Gasteiger partial charge in [0, 0.05) is 0 Å². The van der Waals surface area contributed by atoms with E-state index in [2.05, 4.69) is 42.0 Å².